The number of H-pyrrole nitrogens is 2. The van der Waals surface area contributed by atoms with E-state index in [1.165, 1.54) is 25.0 Å². The molecule has 0 spiro atoms. The van der Waals surface area contributed by atoms with Crippen LogP contribution in [0.2, 0.25) is 0 Å². The lowest BCUT2D eigenvalue weighted by Crippen LogP contribution is -2.08. The lowest BCUT2D eigenvalue weighted by molar-refractivity contribution is 0.410. The molecule has 150 valence electrons. The average molecular weight is 398 g/mol. The van der Waals surface area contributed by atoms with Gasteiger partial charge in [-0.25, -0.2) is 15.0 Å². The molecule has 1 aliphatic carbocycles. The van der Waals surface area contributed by atoms with Crippen LogP contribution in [0.3, 0.4) is 0 Å². The molecule has 0 radical (unpaired) electrons. The Balaban J connectivity index is 0.000000937. The fourth-order valence-corrected chi connectivity index (χ4v) is 3.86. The number of nitrogens with two attached hydrogens (primary N) is 2. The van der Waals surface area contributed by atoms with Crippen molar-refractivity contribution in [3.63, 3.8) is 0 Å². The maximum Gasteiger partial charge on any atom is 0.160 e. The number of hydrogen-bond acceptors (Lipinski definition) is 6. The number of hydrazine groups is 1. The van der Waals surface area contributed by atoms with E-state index in [0.717, 1.165) is 38.9 Å². The van der Waals surface area contributed by atoms with Gasteiger partial charge in [0.1, 0.15) is 11.4 Å². The number of fused-ring (bicyclic) bond motifs is 2. The second-order valence-electron chi connectivity index (χ2n) is 7.38. The molecule has 1 saturated carbocycles. The van der Waals surface area contributed by atoms with Gasteiger partial charge in [-0.1, -0.05) is 24.6 Å². The molecule has 8 nitrogen and oxygen atoms in total. The van der Waals surface area contributed by atoms with Crippen LogP contribution >= 0.6 is 0 Å². The van der Waals surface area contributed by atoms with E-state index < -0.39 is 0 Å². The highest BCUT2D eigenvalue weighted by Crippen LogP contribution is 2.37. The van der Waals surface area contributed by atoms with Crippen molar-refractivity contribution in [1.29, 1.82) is 0 Å². The summed E-state index contributed by atoms with van der Waals surface area (Å²) in [6, 6.07) is 16.3. The monoisotopic (exact) mass is 398 g/mol. The molecule has 0 bridgehead atoms. The lowest BCUT2D eigenvalue weighted by atomic mass is 9.83. The van der Waals surface area contributed by atoms with Crippen LogP contribution in [0.5, 0.6) is 0 Å². The third-order valence-corrected chi connectivity index (χ3v) is 5.67. The van der Waals surface area contributed by atoms with Crippen molar-refractivity contribution in [3.05, 3.63) is 60.6 Å². The fourth-order valence-electron chi connectivity index (χ4n) is 3.86. The second kappa shape index (κ2) is 7.66. The van der Waals surface area contributed by atoms with Crippen LogP contribution in [0, 0.1) is 0 Å². The summed E-state index contributed by atoms with van der Waals surface area (Å²) in [6.45, 7) is 0. The summed E-state index contributed by atoms with van der Waals surface area (Å²) in [7, 11) is 0. The first-order chi connectivity index (χ1) is 14.8. The molecule has 5 aromatic rings. The smallest absolute Gasteiger partial charge is 0.160 e. The molecule has 0 atom stereocenters. The van der Waals surface area contributed by atoms with Crippen molar-refractivity contribution in [1.82, 2.24) is 30.1 Å². The fraction of sp³-hybridized carbons (Fsp3) is 0.182. The van der Waals surface area contributed by atoms with E-state index >= 15 is 0 Å². The molecule has 6 rings (SSSR count). The number of nitrogens with zero attached hydrogens (tertiary/aromatic N) is 4. The van der Waals surface area contributed by atoms with Crippen molar-refractivity contribution in [2.75, 3.05) is 0 Å². The third-order valence-electron chi connectivity index (χ3n) is 5.67. The van der Waals surface area contributed by atoms with Gasteiger partial charge in [-0.05, 0) is 43.2 Å². The Morgan fingerprint density at radius 1 is 0.933 bits per heavy atom. The van der Waals surface area contributed by atoms with Gasteiger partial charge in [-0.15, -0.1) is 0 Å². The standard InChI is InChI=1S/C22H18N6.H4N2/c1-2-7-16-15(6-1)21(20-11-18(27-28-20)13-4-3-5-13)26-22(25-16)14-8-9-17-19(10-14)24-12-23-17;1-2/h1-2,6-13H,3-5H2,(H,23,24)(H,27,28);1-2H2. The first-order valence-electron chi connectivity index (χ1n) is 9.94. The number of benzene rings is 2. The van der Waals surface area contributed by atoms with Gasteiger partial charge < -0.3 is 4.98 Å². The van der Waals surface area contributed by atoms with Crippen LogP contribution in [-0.2, 0) is 0 Å². The van der Waals surface area contributed by atoms with Gasteiger partial charge in [-0.2, -0.15) is 5.10 Å². The van der Waals surface area contributed by atoms with Gasteiger partial charge >= 0.3 is 0 Å². The summed E-state index contributed by atoms with van der Waals surface area (Å²) in [5, 5.41) is 8.83. The molecule has 3 heterocycles. The van der Waals surface area contributed by atoms with Gasteiger partial charge in [0.05, 0.1) is 22.9 Å². The van der Waals surface area contributed by atoms with Crippen LogP contribution < -0.4 is 11.7 Å². The average Bonchev–Trinajstić information content (AvgIpc) is 3.42. The van der Waals surface area contributed by atoms with E-state index in [0.29, 0.717) is 11.7 Å². The van der Waals surface area contributed by atoms with Gasteiger partial charge in [0.15, 0.2) is 5.82 Å². The first-order valence-corrected chi connectivity index (χ1v) is 9.94. The molecule has 8 heteroatoms. The Morgan fingerprint density at radius 2 is 1.80 bits per heavy atom. The zero-order chi connectivity index (χ0) is 20.5. The summed E-state index contributed by atoms with van der Waals surface area (Å²) >= 11 is 0. The molecule has 0 aliphatic heterocycles. The highest BCUT2D eigenvalue weighted by atomic mass is 15.1. The quantitative estimate of drug-likeness (QED) is 0.271. The topological polar surface area (TPSA) is 135 Å². The number of aromatic amines is 2. The van der Waals surface area contributed by atoms with Gasteiger partial charge in [0, 0.05) is 22.6 Å². The second-order valence-corrected chi connectivity index (χ2v) is 7.38. The van der Waals surface area contributed by atoms with Crippen LogP contribution in [0.15, 0.2) is 54.9 Å². The first kappa shape index (κ1) is 18.4. The van der Waals surface area contributed by atoms with E-state index in [4.69, 9.17) is 9.97 Å². The molecule has 0 unspecified atom stereocenters. The summed E-state index contributed by atoms with van der Waals surface area (Å²) in [6.07, 6.45) is 5.48. The molecule has 2 aromatic carbocycles. The maximum atomic E-state index is 4.92. The summed E-state index contributed by atoms with van der Waals surface area (Å²) < 4.78 is 0. The molecule has 0 saturated heterocycles. The Morgan fingerprint density at radius 3 is 2.63 bits per heavy atom. The minimum absolute atomic E-state index is 0.608. The summed E-state index contributed by atoms with van der Waals surface area (Å²) in [5.74, 6) is 9.30. The number of para-hydroxylation sites is 1. The Kier molecular flexibility index (Phi) is 4.70. The highest BCUT2D eigenvalue weighted by molar-refractivity contribution is 5.93. The minimum atomic E-state index is 0.608. The largest absolute Gasteiger partial charge is 0.345 e. The summed E-state index contributed by atoms with van der Waals surface area (Å²) in [4.78, 5) is 17.2. The number of aromatic nitrogens is 6. The molecule has 0 amide bonds. The molecule has 3 aromatic heterocycles. The Labute approximate surface area is 172 Å². The van der Waals surface area contributed by atoms with E-state index in [-0.39, 0.29) is 0 Å². The molecule has 1 aliphatic rings. The zero-order valence-electron chi connectivity index (χ0n) is 16.3. The van der Waals surface area contributed by atoms with Crippen molar-refractivity contribution in [2.45, 2.75) is 25.2 Å². The number of hydrogen-bond donors (Lipinski definition) is 4. The maximum absolute atomic E-state index is 4.92. The SMILES string of the molecule is NN.c1ccc2c(-c3cc(C4CCC4)[nH]n3)nc(-c3ccc4nc[nH]c4c3)nc2c1. The van der Waals surface area contributed by atoms with Crippen LogP contribution in [0.1, 0.15) is 30.9 Å². The van der Waals surface area contributed by atoms with E-state index in [1.807, 2.05) is 36.4 Å². The van der Waals surface area contributed by atoms with Crippen molar-refractivity contribution < 1.29 is 0 Å². The predicted octanol–water partition coefficient (Wildman–Crippen LogP) is 3.65. The third kappa shape index (κ3) is 3.12. The minimum Gasteiger partial charge on any atom is -0.345 e. The Bertz CT molecular complexity index is 1320. The van der Waals surface area contributed by atoms with Crippen molar-refractivity contribution in [3.8, 4) is 22.8 Å². The Hall–Kier alpha value is -3.62. The van der Waals surface area contributed by atoms with Crippen molar-refractivity contribution in [2.24, 2.45) is 11.7 Å². The predicted molar refractivity (Wildman–Crippen MR) is 117 cm³/mol. The highest BCUT2D eigenvalue weighted by Gasteiger charge is 2.23. The van der Waals surface area contributed by atoms with E-state index in [9.17, 15) is 0 Å². The van der Waals surface area contributed by atoms with Crippen LogP contribution in [0.4, 0.5) is 0 Å². The van der Waals surface area contributed by atoms with Gasteiger partial charge in [0.2, 0.25) is 0 Å². The van der Waals surface area contributed by atoms with Crippen LogP contribution in [0.25, 0.3) is 44.7 Å². The number of rotatable bonds is 3. The molecule has 30 heavy (non-hydrogen) atoms. The summed E-state index contributed by atoms with van der Waals surface area (Å²) in [5.41, 5.74) is 6.74. The molecular formula is C22H22N8. The van der Waals surface area contributed by atoms with Crippen molar-refractivity contribution >= 4 is 21.9 Å². The molecular weight excluding hydrogens is 376 g/mol. The number of imidazole rings is 1. The van der Waals surface area contributed by atoms with E-state index in [2.05, 4.69) is 44.0 Å². The zero-order valence-corrected chi connectivity index (χ0v) is 16.3. The van der Waals surface area contributed by atoms with Gasteiger partial charge in [0.25, 0.3) is 0 Å². The van der Waals surface area contributed by atoms with Crippen LogP contribution in [-0.4, -0.2) is 30.1 Å². The molecule has 6 N–H and O–H groups in total. The normalized spacial score (nSPS) is 13.8. The molecule has 1 fully saturated rings. The van der Waals surface area contributed by atoms with E-state index in [1.54, 1.807) is 6.33 Å². The lowest BCUT2D eigenvalue weighted by Gasteiger charge is -2.23. The number of nitrogens with one attached hydrogen (secondary N) is 2. The van der Waals surface area contributed by atoms with Gasteiger partial charge in [-0.3, -0.25) is 16.8 Å².